The Hall–Kier alpha value is -2.24. The molecule has 0 bridgehead atoms. The average molecular weight is 336 g/mol. The maximum Gasteiger partial charge on any atom is 0.0968 e. The molecular formula is C19H20N4S. The zero-order chi connectivity index (χ0) is 16.5. The molecule has 24 heavy (non-hydrogen) atoms. The SMILES string of the molecule is CN(C)CCNc1ccnc2c3c(ccc12)-c1ccccc1SN3. The molecule has 3 aromatic rings. The first-order valence-corrected chi connectivity index (χ1v) is 8.88. The van der Waals surface area contributed by atoms with Gasteiger partial charge < -0.3 is 14.9 Å². The summed E-state index contributed by atoms with van der Waals surface area (Å²) in [6, 6.07) is 14.9. The second kappa shape index (κ2) is 6.34. The average Bonchev–Trinajstić information content (AvgIpc) is 2.61. The van der Waals surface area contributed by atoms with Crippen molar-refractivity contribution in [3.8, 4) is 11.1 Å². The lowest BCUT2D eigenvalue weighted by Gasteiger charge is -2.22. The van der Waals surface area contributed by atoms with Crippen LogP contribution in [0.4, 0.5) is 11.4 Å². The fourth-order valence-corrected chi connectivity index (χ4v) is 3.85. The van der Waals surface area contributed by atoms with E-state index in [1.807, 2.05) is 12.3 Å². The fourth-order valence-electron chi connectivity index (χ4n) is 3.00. The van der Waals surface area contributed by atoms with Crippen LogP contribution in [0.15, 0.2) is 53.6 Å². The number of nitrogens with zero attached hydrogens (tertiary/aromatic N) is 2. The first-order valence-electron chi connectivity index (χ1n) is 8.06. The van der Waals surface area contributed by atoms with Crippen LogP contribution < -0.4 is 10.0 Å². The minimum atomic E-state index is 0.911. The van der Waals surface area contributed by atoms with E-state index in [9.17, 15) is 0 Å². The zero-order valence-corrected chi connectivity index (χ0v) is 14.7. The number of hydrogen-bond acceptors (Lipinski definition) is 5. The topological polar surface area (TPSA) is 40.2 Å². The van der Waals surface area contributed by atoms with Gasteiger partial charge in [-0.15, -0.1) is 0 Å². The normalized spacial score (nSPS) is 12.6. The van der Waals surface area contributed by atoms with Gasteiger partial charge in [0.05, 0.1) is 11.2 Å². The van der Waals surface area contributed by atoms with Gasteiger partial charge >= 0.3 is 0 Å². The van der Waals surface area contributed by atoms with Gasteiger partial charge in [0, 0.05) is 40.8 Å². The number of nitrogens with one attached hydrogen (secondary N) is 2. The van der Waals surface area contributed by atoms with Crippen LogP contribution in [0.3, 0.4) is 0 Å². The molecular weight excluding hydrogens is 316 g/mol. The third-order valence-corrected chi connectivity index (χ3v) is 5.11. The van der Waals surface area contributed by atoms with Gasteiger partial charge in [-0.1, -0.05) is 24.3 Å². The molecule has 0 spiro atoms. The van der Waals surface area contributed by atoms with Crippen LogP contribution in [0, 0.1) is 0 Å². The van der Waals surface area contributed by atoms with Crippen molar-refractivity contribution in [1.82, 2.24) is 9.88 Å². The maximum atomic E-state index is 4.65. The molecule has 4 nitrogen and oxygen atoms in total. The molecule has 0 radical (unpaired) electrons. The van der Waals surface area contributed by atoms with Gasteiger partial charge in [0.1, 0.15) is 0 Å². The van der Waals surface area contributed by atoms with Crippen LogP contribution in [0.5, 0.6) is 0 Å². The second-order valence-corrected chi connectivity index (χ2v) is 7.02. The Morgan fingerprint density at radius 1 is 1.08 bits per heavy atom. The Labute approximate surface area is 146 Å². The molecule has 0 aliphatic carbocycles. The number of likely N-dealkylation sites (N-methyl/N-ethyl adjacent to an activating group) is 1. The zero-order valence-electron chi connectivity index (χ0n) is 13.8. The van der Waals surface area contributed by atoms with Crippen molar-refractivity contribution < 1.29 is 0 Å². The summed E-state index contributed by atoms with van der Waals surface area (Å²) in [6.45, 7) is 1.91. The van der Waals surface area contributed by atoms with Crippen molar-refractivity contribution >= 4 is 34.2 Å². The maximum absolute atomic E-state index is 4.65. The molecule has 0 saturated heterocycles. The highest BCUT2D eigenvalue weighted by Crippen LogP contribution is 2.45. The van der Waals surface area contributed by atoms with Gasteiger partial charge in [0.25, 0.3) is 0 Å². The quantitative estimate of drug-likeness (QED) is 0.695. The third kappa shape index (κ3) is 2.70. The largest absolute Gasteiger partial charge is 0.383 e. The van der Waals surface area contributed by atoms with Crippen molar-refractivity contribution in [2.75, 3.05) is 37.2 Å². The van der Waals surface area contributed by atoms with Gasteiger partial charge in [-0.2, -0.15) is 0 Å². The minimum Gasteiger partial charge on any atom is -0.383 e. The first-order chi connectivity index (χ1) is 11.7. The van der Waals surface area contributed by atoms with E-state index in [2.05, 4.69) is 70.4 Å². The van der Waals surface area contributed by atoms with E-state index in [0.717, 1.165) is 35.4 Å². The summed E-state index contributed by atoms with van der Waals surface area (Å²) < 4.78 is 3.48. The molecule has 5 heteroatoms. The van der Waals surface area contributed by atoms with Crippen LogP contribution in [0.25, 0.3) is 22.0 Å². The van der Waals surface area contributed by atoms with E-state index < -0.39 is 0 Å². The van der Waals surface area contributed by atoms with E-state index in [4.69, 9.17) is 0 Å². The molecule has 2 heterocycles. The molecule has 1 aliphatic rings. The number of pyridine rings is 1. The Bertz CT molecular complexity index is 892. The molecule has 4 rings (SSSR count). The Balaban J connectivity index is 1.77. The molecule has 0 atom stereocenters. The van der Waals surface area contributed by atoms with Crippen molar-refractivity contribution in [3.05, 3.63) is 48.7 Å². The second-order valence-electron chi connectivity index (χ2n) is 6.17. The third-order valence-electron chi connectivity index (χ3n) is 4.23. The summed E-state index contributed by atoms with van der Waals surface area (Å²) in [6.07, 6.45) is 1.88. The molecule has 2 aromatic carbocycles. The van der Waals surface area contributed by atoms with Crippen molar-refractivity contribution in [1.29, 1.82) is 0 Å². The molecule has 0 saturated carbocycles. The van der Waals surface area contributed by atoms with Crippen molar-refractivity contribution in [3.63, 3.8) is 0 Å². The predicted molar refractivity (Wildman–Crippen MR) is 104 cm³/mol. The van der Waals surface area contributed by atoms with E-state index in [-0.39, 0.29) is 0 Å². The predicted octanol–water partition coefficient (Wildman–Crippen LogP) is 4.31. The van der Waals surface area contributed by atoms with Crippen LogP contribution in [-0.4, -0.2) is 37.1 Å². The molecule has 0 fully saturated rings. The minimum absolute atomic E-state index is 0.911. The summed E-state index contributed by atoms with van der Waals surface area (Å²) in [5, 5.41) is 4.68. The molecule has 1 aliphatic heterocycles. The van der Waals surface area contributed by atoms with Gasteiger partial charge in [0.15, 0.2) is 0 Å². The lowest BCUT2D eigenvalue weighted by molar-refractivity contribution is 0.425. The van der Waals surface area contributed by atoms with Gasteiger partial charge in [-0.25, -0.2) is 0 Å². The monoisotopic (exact) mass is 336 g/mol. The lowest BCUT2D eigenvalue weighted by atomic mass is 10.0. The summed E-state index contributed by atoms with van der Waals surface area (Å²) in [7, 11) is 4.17. The highest BCUT2D eigenvalue weighted by molar-refractivity contribution is 8.00. The summed E-state index contributed by atoms with van der Waals surface area (Å²) >= 11 is 1.66. The van der Waals surface area contributed by atoms with Gasteiger partial charge in [-0.3, -0.25) is 4.98 Å². The van der Waals surface area contributed by atoms with Crippen LogP contribution in [-0.2, 0) is 0 Å². The number of anilines is 2. The fraction of sp³-hybridized carbons (Fsp3) is 0.211. The molecule has 0 amide bonds. The standard InChI is InChI=1S/C19H20N4S/c1-23(2)12-11-20-16-9-10-21-18-15(16)8-7-14-13-5-3-4-6-17(13)24-22-19(14)18/h3-10,22H,11-12H2,1-2H3,(H,20,21). The van der Waals surface area contributed by atoms with E-state index in [0.29, 0.717) is 0 Å². The molecule has 1 aromatic heterocycles. The van der Waals surface area contributed by atoms with Gasteiger partial charge in [0.2, 0.25) is 0 Å². The summed E-state index contributed by atoms with van der Waals surface area (Å²) in [5.41, 5.74) is 5.74. The van der Waals surface area contributed by atoms with E-state index in [1.165, 1.54) is 16.0 Å². The summed E-state index contributed by atoms with van der Waals surface area (Å²) in [4.78, 5) is 8.07. The van der Waals surface area contributed by atoms with Crippen LogP contribution in [0.1, 0.15) is 0 Å². The Morgan fingerprint density at radius 3 is 2.83 bits per heavy atom. The first kappa shape index (κ1) is 15.3. The summed E-state index contributed by atoms with van der Waals surface area (Å²) in [5.74, 6) is 0. The van der Waals surface area contributed by atoms with Crippen molar-refractivity contribution in [2.24, 2.45) is 0 Å². The molecule has 0 unspecified atom stereocenters. The molecule has 122 valence electrons. The smallest absolute Gasteiger partial charge is 0.0968 e. The van der Waals surface area contributed by atoms with E-state index >= 15 is 0 Å². The highest BCUT2D eigenvalue weighted by Gasteiger charge is 2.19. The lowest BCUT2D eigenvalue weighted by Crippen LogP contribution is -2.20. The van der Waals surface area contributed by atoms with Gasteiger partial charge in [-0.05, 0) is 49.8 Å². The number of rotatable bonds is 4. The van der Waals surface area contributed by atoms with E-state index in [1.54, 1.807) is 11.9 Å². The van der Waals surface area contributed by atoms with Crippen LogP contribution in [0.2, 0.25) is 0 Å². The Kier molecular flexibility index (Phi) is 4.04. The van der Waals surface area contributed by atoms with Crippen molar-refractivity contribution in [2.45, 2.75) is 4.90 Å². The number of hydrogen-bond donors (Lipinski definition) is 2. The molecule has 2 N–H and O–H groups in total. The van der Waals surface area contributed by atoms with Crippen LogP contribution >= 0.6 is 11.9 Å². The Morgan fingerprint density at radius 2 is 1.96 bits per heavy atom. The number of fused-ring (bicyclic) bond motifs is 5. The number of benzene rings is 2. The highest BCUT2D eigenvalue weighted by atomic mass is 32.2. The number of aromatic nitrogens is 1.